The largest absolute Gasteiger partial charge is 0.463 e. The van der Waals surface area contributed by atoms with E-state index in [9.17, 15) is 9.59 Å². The summed E-state index contributed by atoms with van der Waals surface area (Å²) in [6.07, 6.45) is 1.56. The molecule has 1 rings (SSSR count). The lowest BCUT2D eigenvalue weighted by Gasteiger charge is -2.15. The standard InChI is InChI=1S/C11H18N4O4/c1-3-5-8(10(17)18-4-2)19-9(16)6-15-7-13-11(12)14-15/h7-8H,3-6H2,1-2H3,(H2,12,14). The fourth-order valence-electron chi connectivity index (χ4n) is 1.44. The average molecular weight is 270 g/mol. The quantitative estimate of drug-likeness (QED) is 0.701. The van der Waals surface area contributed by atoms with Crippen LogP contribution in [0.15, 0.2) is 6.33 Å². The predicted molar refractivity (Wildman–Crippen MR) is 65.9 cm³/mol. The minimum Gasteiger partial charge on any atom is -0.463 e. The van der Waals surface area contributed by atoms with Crippen molar-refractivity contribution in [2.75, 3.05) is 12.3 Å². The van der Waals surface area contributed by atoms with E-state index in [1.807, 2.05) is 6.92 Å². The Labute approximate surface area is 110 Å². The van der Waals surface area contributed by atoms with Crippen molar-refractivity contribution in [1.82, 2.24) is 14.8 Å². The van der Waals surface area contributed by atoms with Gasteiger partial charge >= 0.3 is 11.9 Å². The molecule has 0 fully saturated rings. The second-order valence-electron chi connectivity index (χ2n) is 3.82. The van der Waals surface area contributed by atoms with E-state index < -0.39 is 18.0 Å². The van der Waals surface area contributed by atoms with Crippen LogP contribution in [0.25, 0.3) is 0 Å². The Bertz CT molecular complexity index is 432. The van der Waals surface area contributed by atoms with Crippen molar-refractivity contribution in [2.24, 2.45) is 0 Å². The smallest absolute Gasteiger partial charge is 0.347 e. The van der Waals surface area contributed by atoms with Crippen LogP contribution in [0.1, 0.15) is 26.7 Å². The molecule has 0 aromatic carbocycles. The number of nitrogens with two attached hydrogens (primary N) is 1. The molecule has 0 aliphatic rings. The molecule has 8 nitrogen and oxygen atoms in total. The maximum absolute atomic E-state index is 11.7. The van der Waals surface area contributed by atoms with Gasteiger partial charge in [0.1, 0.15) is 12.9 Å². The van der Waals surface area contributed by atoms with Crippen LogP contribution in [0.5, 0.6) is 0 Å². The summed E-state index contributed by atoms with van der Waals surface area (Å²) in [6, 6.07) is 0. The molecule has 1 aromatic rings. The molecule has 1 aromatic heterocycles. The number of hydrogen-bond acceptors (Lipinski definition) is 7. The Kier molecular flexibility index (Phi) is 5.77. The highest BCUT2D eigenvalue weighted by Gasteiger charge is 2.23. The van der Waals surface area contributed by atoms with E-state index in [-0.39, 0.29) is 19.1 Å². The first-order valence-electron chi connectivity index (χ1n) is 6.07. The van der Waals surface area contributed by atoms with Gasteiger partial charge in [0.15, 0.2) is 6.10 Å². The molecule has 1 unspecified atom stereocenters. The number of aromatic nitrogens is 3. The monoisotopic (exact) mass is 270 g/mol. The first kappa shape index (κ1) is 14.9. The molecule has 0 aliphatic heterocycles. The summed E-state index contributed by atoms with van der Waals surface area (Å²) < 4.78 is 11.2. The van der Waals surface area contributed by atoms with Crippen LogP contribution in [0.4, 0.5) is 5.95 Å². The van der Waals surface area contributed by atoms with E-state index in [0.29, 0.717) is 12.8 Å². The van der Waals surface area contributed by atoms with Crippen LogP contribution >= 0.6 is 0 Å². The number of carbonyl (C=O) groups excluding carboxylic acids is 2. The number of anilines is 1. The number of ether oxygens (including phenoxy) is 2. The Morgan fingerprint density at radius 2 is 2.21 bits per heavy atom. The molecule has 0 spiro atoms. The summed E-state index contributed by atoms with van der Waals surface area (Å²) in [5, 5.41) is 3.75. The fourth-order valence-corrected chi connectivity index (χ4v) is 1.44. The summed E-state index contributed by atoms with van der Waals surface area (Å²) in [5.41, 5.74) is 5.32. The fraction of sp³-hybridized carbons (Fsp3) is 0.636. The maximum atomic E-state index is 11.7. The molecule has 0 amide bonds. The number of nitrogens with zero attached hydrogens (tertiary/aromatic N) is 3. The zero-order chi connectivity index (χ0) is 14.3. The summed E-state index contributed by atoms with van der Waals surface area (Å²) in [4.78, 5) is 26.9. The molecule has 0 radical (unpaired) electrons. The van der Waals surface area contributed by atoms with E-state index in [0.717, 1.165) is 0 Å². The van der Waals surface area contributed by atoms with Gasteiger partial charge in [-0.05, 0) is 13.3 Å². The molecule has 1 atom stereocenters. The predicted octanol–water partition coefficient (Wildman–Crippen LogP) is 0.135. The summed E-state index contributed by atoms with van der Waals surface area (Å²) in [6.45, 7) is 3.68. The highest BCUT2D eigenvalue weighted by Crippen LogP contribution is 2.06. The van der Waals surface area contributed by atoms with Gasteiger partial charge in [-0.1, -0.05) is 13.3 Å². The minimum absolute atomic E-state index is 0.0725. The Hall–Kier alpha value is -2.12. The molecule has 0 aliphatic carbocycles. The lowest BCUT2D eigenvalue weighted by molar-refractivity contribution is -0.168. The number of carbonyl (C=O) groups is 2. The Morgan fingerprint density at radius 3 is 2.74 bits per heavy atom. The van der Waals surface area contributed by atoms with Crippen molar-refractivity contribution in [3.8, 4) is 0 Å². The molecular weight excluding hydrogens is 252 g/mol. The van der Waals surface area contributed by atoms with Gasteiger partial charge in [-0.25, -0.2) is 14.5 Å². The van der Waals surface area contributed by atoms with Gasteiger partial charge in [-0.2, -0.15) is 0 Å². The number of nitrogen functional groups attached to an aromatic ring is 1. The highest BCUT2D eigenvalue weighted by atomic mass is 16.6. The normalized spacial score (nSPS) is 11.9. The van der Waals surface area contributed by atoms with Crippen molar-refractivity contribution in [2.45, 2.75) is 39.3 Å². The van der Waals surface area contributed by atoms with E-state index in [1.165, 1.54) is 11.0 Å². The molecule has 0 saturated carbocycles. The van der Waals surface area contributed by atoms with Crippen LogP contribution < -0.4 is 5.73 Å². The van der Waals surface area contributed by atoms with E-state index >= 15 is 0 Å². The van der Waals surface area contributed by atoms with Gasteiger partial charge in [0.25, 0.3) is 0 Å². The summed E-state index contributed by atoms with van der Waals surface area (Å²) in [5.74, 6) is -1.05. The minimum atomic E-state index is -0.877. The van der Waals surface area contributed by atoms with Crippen LogP contribution in [0.2, 0.25) is 0 Å². The lowest BCUT2D eigenvalue weighted by Crippen LogP contribution is -2.30. The zero-order valence-corrected chi connectivity index (χ0v) is 11.0. The van der Waals surface area contributed by atoms with Gasteiger partial charge < -0.3 is 15.2 Å². The molecule has 19 heavy (non-hydrogen) atoms. The molecule has 8 heteroatoms. The van der Waals surface area contributed by atoms with Gasteiger partial charge in [0.2, 0.25) is 5.95 Å². The maximum Gasteiger partial charge on any atom is 0.347 e. The van der Waals surface area contributed by atoms with Crippen molar-refractivity contribution in [3.05, 3.63) is 6.33 Å². The van der Waals surface area contributed by atoms with Gasteiger partial charge in [0, 0.05) is 0 Å². The third kappa shape index (κ3) is 4.94. The number of hydrogen-bond donors (Lipinski definition) is 1. The third-order valence-corrected chi connectivity index (χ3v) is 2.22. The first-order valence-corrected chi connectivity index (χ1v) is 6.07. The van der Waals surface area contributed by atoms with E-state index in [2.05, 4.69) is 10.1 Å². The van der Waals surface area contributed by atoms with Crippen LogP contribution in [-0.4, -0.2) is 39.4 Å². The number of rotatable bonds is 7. The molecule has 0 saturated heterocycles. The molecular formula is C11H18N4O4. The van der Waals surface area contributed by atoms with Crippen molar-refractivity contribution in [3.63, 3.8) is 0 Å². The Morgan fingerprint density at radius 1 is 1.47 bits per heavy atom. The van der Waals surface area contributed by atoms with Gasteiger partial charge in [0.05, 0.1) is 6.61 Å². The second-order valence-corrected chi connectivity index (χ2v) is 3.82. The molecule has 106 valence electrons. The van der Waals surface area contributed by atoms with E-state index in [1.54, 1.807) is 6.92 Å². The summed E-state index contributed by atoms with van der Waals surface area (Å²) >= 11 is 0. The SMILES string of the molecule is CCCC(OC(=O)Cn1cnc(N)n1)C(=O)OCC. The lowest BCUT2D eigenvalue weighted by atomic mass is 10.2. The van der Waals surface area contributed by atoms with Crippen LogP contribution in [0, 0.1) is 0 Å². The van der Waals surface area contributed by atoms with Crippen LogP contribution in [-0.2, 0) is 25.6 Å². The van der Waals surface area contributed by atoms with E-state index in [4.69, 9.17) is 15.2 Å². The van der Waals surface area contributed by atoms with Crippen molar-refractivity contribution >= 4 is 17.9 Å². The van der Waals surface area contributed by atoms with Gasteiger partial charge in [-0.15, -0.1) is 5.10 Å². The molecule has 2 N–H and O–H groups in total. The number of esters is 2. The van der Waals surface area contributed by atoms with Crippen molar-refractivity contribution < 1.29 is 19.1 Å². The first-order chi connectivity index (χ1) is 9.06. The molecule has 1 heterocycles. The van der Waals surface area contributed by atoms with Crippen molar-refractivity contribution in [1.29, 1.82) is 0 Å². The molecule has 0 bridgehead atoms. The Balaban J connectivity index is 2.53. The topological polar surface area (TPSA) is 109 Å². The van der Waals surface area contributed by atoms with Crippen LogP contribution in [0.3, 0.4) is 0 Å². The zero-order valence-electron chi connectivity index (χ0n) is 11.0. The average Bonchev–Trinajstić information content (AvgIpc) is 2.74. The second kappa shape index (κ2) is 7.34. The van der Waals surface area contributed by atoms with Gasteiger partial charge in [-0.3, -0.25) is 4.79 Å². The third-order valence-electron chi connectivity index (χ3n) is 2.22. The highest BCUT2D eigenvalue weighted by molar-refractivity contribution is 5.79. The summed E-state index contributed by atoms with van der Waals surface area (Å²) in [7, 11) is 0.